The van der Waals surface area contributed by atoms with Gasteiger partial charge < -0.3 is 10.1 Å². The van der Waals surface area contributed by atoms with Gasteiger partial charge in [0.05, 0.1) is 5.75 Å². The first-order valence-electron chi connectivity index (χ1n) is 11.3. The van der Waals surface area contributed by atoms with Crippen molar-refractivity contribution in [1.29, 1.82) is 0 Å². The van der Waals surface area contributed by atoms with Crippen molar-refractivity contribution in [3.63, 3.8) is 0 Å². The molecule has 1 aromatic rings. The minimum atomic E-state index is -3.18. The lowest BCUT2D eigenvalue weighted by Crippen LogP contribution is -2.43. The summed E-state index contributed by atoms with van der Waals surface area (Å²) in [5.41, 5.74) is 0.930. The van der Waals surface area contributed by atoms with Gasteiger partial charge in [-0.15, -0.1) is 0 Å². The van der Waals surface area contributed by atoms with Gasteiger partial charge in [0.25, 0.3) is 0 Å². The molecule has 1 aliphatic heterocycles. The largest absolute Gasteiger partial charge is 0.474 e. The zero-order valence-corrected chi connectivity index (χ0v) is 18.8. The second-order valence-corrected chi connectivity index (χ2v) is 10.5. The lowest BCUT2D eigenvalue weighted by Gasteiger charge is -2.30. The van der Waals surface area contributed by atoms with Crippen molar-refractivity contribution in [3.05, 3.63) is 23.9 Å². The molecule has 0 radical (unpaired) electrons. The summed E-state index contributed by atoms with van der Waals surface area (Å²) in [5.74, 6) is 0.703. The Labute approximate surface area is 180 Å². The normalized spacial score (nSPS) is 19.5. The van der Waals surface area contributed by atoms with E-state index in [1.165, 1.54) is 19.3 Å². The Morgan fingerprint density at radius 3 is 2.53 bits per heavy atom. The van der Waals surface area contributed by atoms with E-state index in [0.717, 1.165) is 24.8 Å². The monoisotopic (exact) mass is 437 g/mol. The van der Waals surface area contributed by atoms with Crippen LogP contribution in [0.3, 0.4) is 0 Å². The van der Waals surface area contributed by atoms with Crippen molar-refractivity contribution in [2.24, 2.45) is 5.92 Å². The van der Waals surface area contributed by atoms with Gasteiger partial charge in [-0.25, -0.2) is 17.7 Å². The highest BCUT2D eigenvalue weighted by Gasteiger charge is 2.30. The van der Waals surface area contributed by atoms with E-state index in [1.54, 1.807) is 10.5 Å². The van der Waals surface area contributed by atoms with Crippen LogP contribution in [0.15, 0.2) is 18.3 Å². The molecule has 3 rings (SSSR count). The smallest absolute Gasteiger partial charge is 0.223 e. The number of aromatic nitrogens is 1. The molecule has 0 atom stereocenters. The fourth-order valence-electron chi connectivity index (χ4n) is 4.12. The quantitative estimate of drug-likeness (QED) is 0.641. The Bertz CT molecular complexity index is 768. The van der Waals surface area contributed by atoms with Crippen LogP contribution in [0.1, 0.15) is 70.3 Å². The van der Waals surface area contributed by atoms with Gasteiger partial charge in [-0.05, 0) is 50.5 Å². The highest BCUT2D eigenvalue weighted by atomic mass is 32.2. The minimum absolute atomic E-state index is 0.0110. The number of amides is 1. The molecule has 1 saturated heterocycles. The van der Waals surface area contributed by atoms with E-state index in [0.29, 0.717) is 44.8 Å². The molecular weight excluding hydrogens is 402 g/mol. The first-order valence-corrected chi connectivity index (χ1v) is 13.0. The van der Waals surface area contributed by atoms with Crippen molar-refractivity contribution >= 4 is 15.9 Å². The minimum Gasteiger partial charge on any atom is -0.474 e. The Morgan fingerprint density at radius 1 is 1.17 bits per heavy atom. The van der Waals surface area contributed by atoms with Gasteiger partial charge in [0, 0.05) is 37.8 Å². The van der Waals surface area contributed by atoms with E-state index >= 15 is 0 Å². The fraction of sp³-hybridized carbons (Fsp3) is 0.727. The molecule has 1 amide bonds. The maximum Gasteiger partial charge on any atom is 0.223 e. The van der Waals surface area contributed by atoms with Crippen molar-refractivity contribution in [1.82, 2.24) is 14.6 Å². The van der Waals surface area contributed by atoms with Gasteiger partial charge >= 0.3 is 0 Å². The number of nitrogens with zero attached hydrogens (tertiary/aromatic N) is 2. The summed E-state index contributed by atoms with van der Waals surface area (Å²) in [4.78, 5) is 16.9. The lowest BCUT2D eigenvalue weighted by atomic mass is 9.97. The maximum atomic E-state index is 12.5. The van der Waals surface area contributed by atoms with Crippen LogP contribution in [0, 0.1) is 5.92 Å². The number of rotatable bonds is 9. The summed E-state index contributed by atoms with van der Waals surface area (Å²) in [6.07, 6.45) is 10.6. The number of carbonyl (C=O) groups is 1. The maximum absolute atomic E-state index is 12.5. The Hall–Kier alpha value is -1.67. The predicted octanol–water partition coefficient (Wildman–Crippen LogP) is 3.25. The average Bonchev–Trinajstić information content (AvgIpc) is 2.78. The first-order chi connectivity index (χ1) is 14.5. The van der Waals surface area contributed by atoms with Crippen molar-refractivity contribution in [3.8, 4) is 5.88 Å². The highest BCUT2D eigenvalue weighted by Crippen LogP contribution is 2.23. The molecule has 7 nitrogen and oxygen atoms in total. The number of piperidine rings is 1. The summed E-state index contributed by atoms with van der Waals surface area (Å²) in [5, 5.41) is 2.97. The van der Waals surface area contributed by atoms with Gasteiger partial charge in [0.2, 0.25) is 21.8 Å². The van der Waals surface area contributed by atoms with Crippen LogP contribution in [-0.2, 0) is 21.4 Å². The number of hydrogen-bond acceptors (Lipinski definition) is 5. The molecule has 0 unspecified atom stereocenters. The molecule has 2 aliphatic rings. The van der Waals surface area contributed by atoms with E-state index in [-0.39, 0.29) is 23.7 Å². The average molecular weight is 438 g/mol. The van der Waals surface area contributed by atoms with Gasteiger partial charge in [0.1, 0.15) is 6.10 Å². The molecule has 0 bridgehead atoms. The molecular formula is C22H35N3O4S. The van der Waals surface area contributed by atoms with Crippen molar-refractivity contribution in [2.75, 3.05) is 18.8 Å². The molecule has 30 heavy (non-hydrogen) atoms. The number of ether oxygens (including phenoxy) is 1. The Balaban J connectivity index is 1.40. The van der Waals surface area contributed by atoms with Gasteiger partial charge in [-0.3, -0.25) is 4.79 Å². The third-order valence-corrected chi connectivity index (χ3v) is 8.03. The van der Waals surface area contributed by atoms with Crippen LogP contribution in [0.5, 0.6) is 5.88 Å². The standard InChI is InChI=1S/C22H35N3O4S/c1-2-3-15-30(27,28)25-13-11-19(12-14-25)22(26)24-17-18-9-10-21(23-16-18)29-20-7-5-4-6-8-20/h9-10,16,19-20H,2-8,11-15,17H2,1H3,(H,24,26). The summed E-state index contributed by atoms with van der Waals surface area (Å²) in [6.45, 7) is 3.27. The Morgan fingerprint density at radius 2 is 1.90 bits per heavy atom. The van der Waals surface area contributed by atoms with Crippen molar-refractivity contribution < 1.29 is 17.9 Å². The van der Waals surface area contributed by atoms with Gasteiger partial charge in [-0.1, -0.05) is 25.8 Å². The van der Waals surface area contributed by atoms with Crippen LogP contribution >= 0.6 is 0 Å². The van der Waals surface area contributed by atoms with Crippen LogP contribution in [0.4, 0.5) is 0 Å². The zero-order valence-electron chi connectivity index (χ0n) is 18.0. The molecule has 0 aromatic carbocycles. The van der Waals surface area contributed by atoms with Gasteiger partial charge in [0.15, 0.2) is 0 Å². The third-order valence-electron chi connectivity index (χ3n) is 6.08. The molecule has 1 N–H and O–H groups in total. The summed E-state index contributed by atoms with van der Waals surface area (Å²) >= 11 is 0. The first kappa shape index (κ1) is 23.0. The molecule has 2 fully saturated rings. The van der Waals surface area contributed by atoms with Crippen LogP contribution in [-0.4, -0.2) is 48.6 Å². The lowest BCUT2D eigenvalue weighted by molar-refractivity contribution is -0.126. The van der Waals surface area contributed by atoms with Crippen LogP contribution in [0.25, 0.3) is 0 Å². The molecule has 1 aliphatic carbocycles. The fourth-order valence-corrected chi connectivity index (χ4v) is 5.80. The Kier molecular flexibility index (Phi) is 8.50. The third kappa shape index (κ3) is 6.67. The number of sulfonamides is 1. The predicted molar refractivity (Wildman–Crippen MR) is 117 cm³/mol. The number of pyridine rings is 1. The zero-order chi connectivity index (χ0) is 21.4. The molecule has 1 saturated carbocycles. The van der Waals surface area contributed by atoms with E-state index in [9.17, 15) is 13.2 Å². The van der Waals surface area contributed by atoms with Crippen molar-refractivity contribution in [2.45, 2.75) is 77.4 Å². The summed E-state index contributed by atoms with van der Waals surface area (Å²) in [6, 6.07) is 3.81. The van der Waals surface area contributed by atoms with E-state index in [1.807, 2.05) is 19.1 Å². The second kappa shape index (κ2) is 11.1. The second-order valence-electron chi connectivity index (χ2n) is 8.44. The summed E-state index contributed by atoms with van der Waals surface area (Å²) < 4.78 is 32.1. The molecule has 2 heterocycles. The molecule has 8 heteroatoms. The topological polar surface area (TPSA) is 88.6 Å². The molecule has 168 valence electrons. The van der Waals surface area contributed by atoms with E-state index in [4.69, 9.17) is 4.74 Å². The molecule has 0 spiro atoms. The number of carbonyl (C=O) groups excluding carboxylic acids is 1. The van der Waals surface area contributed by atoms with Crippen LogP contribution in [0.2, 0.25) is 0 Å². The molecule has 1 aromatic heterocycles. The number of hydrogen-bond donors (Lipinski definition) is 1. The highest BCUT2D eigenvalue weighted by molar-refractivity contribution is 7.89. The SMILES string of the molecule is CCCCS(=O)(=O)N1CCC(C(=O)NCc2ccc(OC3CCCCC3)nc2)CC1. The van der Waals surface area contributed by atoms with Crippen LogP contribution < -0.4 is 10.1 Å². The number of unbranched alkanes of at least 4 members (excludes halogenated alkanes) is 1. The number of nitrogens with one attached hydrogen (secondary N) is 1. The van der Waals surface area contributed by atoms with E-state index < -0.39 is 10.0 Å². The van der Waals surface area contributed by atoms with Gasteiger partial charge in [-0.2, -0.15) is 0 Å². The summed E-state index contributed by atoms with van der Waals surface area (Å²) in [7, 11) is -3.18. The van der Waals surface area contributed by atoms with E-state index in [2.05, 4.69) is 10.3 Å².